The van der Waals surface area contributed by atoms with E-state index in [-0.39, 0.29) is 5.25 Å². The maximum atomic E-state index is 11.5. The van der Waals surface area contributed by atoms with Crippen LogP contribution in [0.4, 0.5) is 0 Å². The average molecular weight is 363 g/mol. The van der Waals surface area contributed by atoms with E-state index in [9.17, 15) is 9.90 Å². The Balaban J connectivity index is 1.74. The van der Waals surface area contributed by atoms with Gasteiger partial charge in [-0.2, -0.15) is 0 Å². The molecule has 0 saturated heterocycles. The van der Waals surface area contributed by atoms with E-state index in [1.165, 1.54) is 17.3 Å². The van der Waals surface area contributed by atoms with Crippen molar-refractivity contribution < 1.29 is 9.90 Å². The Morgan fingerprint density at radius 2 is 1.79 bits per heavy atom. The highest BCUT2D eigenvalue weighted by atomic mass is 35.5. The average Bonchev–Trinajstić information content (AvgIpc) is 2.56. The first-order valence-corrected chi connectivity index (χ1v) is 9.51. The summed E-state index contributed by atoms with van der Waals surface area (Å²) in [6.45, 7) is 2.02. The van der Waals surface area contributed by atoms with Crippen molar-refractivity contribution in [1.29, 1.82) is 0 Å². The fourth-order valence-corrected chi connectivity index (χ4v) is 3.79. The maximum Gasteiger partial charge on any atom is 0.316 e. The predicted molar refractivity (Wildman–Crippen MR) is 102 cm³/mol. The third-order valence-electron chi connectivity index (χ3n) is 3.98. The van der Waals surface area contributed by atoms with Crippen molar-refractivity contribution in [2.75, 3.05) is 0 Å². The normalized spacial score (nSPS) is 12.1. The Hall–Kier alpha value is -1.45. The molecular weight excluding hydrogens is 340 g/mol. The van der Waals surface area contributed by atoms with E-state index in [0.717, 1.165) is 41.2 Å². The number of aliphatic carboxylic acids is 1. The van der Waals surface area contributed by atoms with Gasteiger partial charge >= 0.3 is 5.97 Å². The first kappa shape index (κ1) is 18.9. The van der Waals surface area contributed by atoms with Gasteiger partial charge in [-0.05, 0) is 55.5 Å². The molecule has 24 heavy (non-hydrogen) atoms. The topological polar surface area (TPSA) is 37.3 Å². The van der Waals surface area contributed by atoms with Gasteiger partial charge in [0.2, 0.25) is 0 Å². The van der Waals surface area contributed by atoms with E-state index in [1.807, 2.05) is 43.3 Å². The highest BCUT2D eigenvalue weighted by Crippen LogP contribution is 2.29. The molecule has 4 heteroatoms. The molecule has 2 rings (SSSR count). The molecule has 1 unspecified atom stereocenters. The lowest BCUT2D eigenvalue weighted by molar-refractivity contribution is -0.136. The number of hydrogen-bond donors (Lipinski definition) is 1. The Kier molecular flexibility index (Phi) is 7.67. The number of benzene rings is 2. The highest BCUT2D eigenvalue weighted by Gasteiger charge is 2.19. The summed E-state index contributed by atoms with van der Waals surface area (Å²) in [6.07, 6.45) is 4.77. The number of halogens is 1. The molecule has 0 radical (unpaired) electrons. The van der Waals surface area contributed by atoms with Gasteiger partial charge in [-0.25, -0.2) is 0 Å². The van der Waals surface area contributed by atoms with Crippen LogP contribution in [0.2, 0.25) is 5.02 Å². The molecule has 0 aliphatic heterocycles. The molecule has 1 N–H and O–H groups in total. The number of rotatable bonds is 9. The van der Waals surface area contributed by atoms with Gasteiger partial charge in [0.15, 0.2) is 0 Å². The van der Waals surface area contributed by atoms with Crippen molar-refractivity contribution >= 4 is 29.3 Å². The van der Waals surface area contributed by atoms with Crippen LogP contribution < -0.4 is 0 Å². The molecule has 2 aromatic carbocycles. The van der Waals surface area contributed by atoms with Gasteiger partial charge < -0.3 is 5.11 Å². The zero-order valence-electron chi connectivity index (χ0n) is 13.9. The molecule has 0 aliphatic rings. The quantitative estimate of drug-likeness (QED) is 0.439. The highest BCUT2D eigenvalue weighted by molar-refractivity contribution is 8.00. The SMILES string of the molecule is Cc1ccccc1SC(CCCCCc1ccc(Cl)cc1)C(=O)O. The Labute approximate surface area is 153 Å². The third-order valence-corrected chi connectivity index (χ3v) is 5.67. The molecule has 0 spiro atoms. The maximum absolute atomic E-state index is 11.5. The van der Waals surface area contributed by atoms with E-state index in [2.05, 4.69) is 12.1 Å². The molecule has 0 bridgehead atoms. The van der Waals surface area contributed by atoms with E-state index in [0.29, 0.717) is 6.42 Å². The van der Waals surface area contributed by atoms with Crippen molar-refractivity contribution in [3.05, 3.63) is 64.7 Å². The van der Waals surface area contributed by atoms with Crippen LogP contribution in [0, 0.1) is 6.92 Å². The van der Waals surface area contributed by atoms with Crippen molar-refractivity contribution in [3.8, 4) is 0 Å². The standard InChI is InChI=1S/C20H23ClO2S/c1-15-7-5-6-9-18(15)24-19(20(22)23)10-4-2-3-8-16-11-13-17(21)14-12-16/h5-7,9,11-14,19H,2-4,8,10H2,1H3,(H,22,23). The zero-order chi connectivity index (χ0) is 17.4. The molecule has 0 aromatic heterocycles. The van der Waals surface area contributed by atoms with Crippen LogP contribution in [-0.4, -0.2) is 16.3 Å². The molecular formula is C20H23ClO2S. The summed E-state index contributed by atoms with van der Waals surface area (Å²) in [5.74, 6) is -0.721. The first-order chi connectivity index (χ1) is 11.6. The van der Waals surface area contributed by atoms with Crippen LogP contribution in [0.1, 0.15) is 36.8 Å². The second-order valence-electron chi connectivity index (χ2n) is 5.94. The molecule has 2 aromatic rings. The fraction of sp³-hybridized carbons (Fsp3) is 0.350. The monoisotopic (exact) mass is 362 g/mol. The molecule has 0 amide bonds. The third kappa shape index (κ3) is 6.21. The van der Waals surface area contributed by atoms with E-state index in [1.54, 1.807) is 0 Å². The number of hydrogen-bond acceptors (Lipinski definition) is 2. The van der Waals surface area contributed by atoms with Crippen LogP contribution >= 0.6 is 23.4 Å². The van der Waals surface area contributed by atoms with Gasteiger partial charge in [0.25, 0.3) is 0 Å². The van der Waals surface area contributed by atoms with E-state index >= 15 is 0 Å². The lowest BCUT2D eigenvalue weighted by atomic mass is 10.1. The van der Waals surface area contributed by atoms with Gasteiger partial charge in [-0.3, -0.25) is 4.79 Å². The summed E-state index contributed by atoms with van der Waals surface area (Å²) < 4.78 is 0. The summed E-state index contributed by atoms with van der Waals surface area (Å²) in [5, 5.41) is 9.84. The molecule has 2 nitrogen and oxygen atoms in total. The number of aryl methyl sites for hydroxylation is 2. The van der Waals surface area contributed by atoms with E-state index in [4.69, 9.17) is 11.6 Å². The molecule has 0 saturated carbocycles. The lowest BCUT2D eigenvalue weighted by Crippen LogP contribution is -2.16. The smallest absolute Gasteiger partial charge is 0.316 e. The minimum Gasteiger partial charge on any atom is -0.480 e. The molecule has 0 fully saturated rings. The minimum absolute atomic E-state index is 0.373. The Bertz CT molecular complexity index is 655. The van der Waals surface area contributed by atoms with Crippen LogP contribution in [0.3, 0.4) is 0 Å². The van der Waals surface area contributed by atoms with E-state index < -0.39 is 5.97 Å². The second kappa shape index (κ2) is 9.75. The summed E-state index contributed by atoms with van der Waals surface area (Å²) in [7, 11) is 0. The predicted octanol–water partition coefficient (Wildman–Crippen LogP) is 6.00. The van der Waals surface area contributed by atoms with Gasteiger partial charge in [-0.15, -0.1) is 11.8 Å². The number of thioether (sulfide) groups is 1. The van der Waals surface area contributed by atoms with Gasteiger partial charge in [0.1, 0.15) is 5.25 Å². The van der Waals surface area contributed by atoms with Gasteiger partial charge in [-0.1, -0.05) is 54.8 Å². The van der Waals surface area contributed by atoms with Crippen molar-refractivity contribution in [1.82, 2.24) is 0 Å². The largest absolute Gasteiger partial charge is 0.480 e. The minimum atomic E-state index is -0.721. The van der Waals surface area contributed by atoms with Crippen LogP contribution in [0.25, 0.3) is 0 Å². The Morgan fingerprint density at radius 1 is 1.08 bits per heavy atom. The lowest BCUT2D eigenvalue weighted by Gasteiger charge is -2.13. The zero-order valence-corrected chi connectivity index (χ0v) is 15.4. The van der Waals surface area contributed by atoms with Crippen molar-refractivity contribution in [2.24, 2.45) is 0 Å². The summed E-state index contributed by atoms with van der Waals surface area (Å²) in [5.41, 5.74) is 2.42. The van der Waals surface area contributed by atoms with Crippen LogP contribution in [-0.2, 0) is 11.2 Å². The van der Waals surface area contributed by atoms with Crippen molar-refractivity contribution in [3.63, 3.8) is 0 Å². The summed E-state index contributed by atoms with van der Waals surface area (Å²) >= 11 is 7.34. The number of carbonyl (C=O) groups is 1. The number of carboxylic acids is 1. The van der Waals surface area contributed by atoms with Gasteiger partial charge in [0, 0.05) is 9.92 Å². The molecule has 0 heterocycles. The fourth-order valence-electron chi connectivity index (χ4n) is 2.56. The number of carboxylic acid groups (broad SMARTS) is 1. The Morgan fingerprint density at radius 3 is 2.46 bits per heavy atom. The second-order valence-corrected chi connectivity index (χ2v) is 7.62. The van der Waals surface area contributed by atoms with Crippen molar-refractivity contribution in [2.45, 2.75) is 49.2 Å². The van der Waals surface area contributed by atoms with Crippen LogP contribution in [0.15, 0.2) is 53.4 Å². The molecule has 0 aliphatic carbocycles. The summed E-state index contributed by atoms with van der Waals surface area (Å²) in [4.78, 5) is 12.6. The summed E-state index contributed by atoms with van der Waals surface area (Å²) in [6, 6.07) is 15.9. The van der Waals surface area contributed by atoms with Gasteiger partial charge in [0.05, 0.1) is 0 Å². The van der Waals surface area contributed by atoms with Crippen LogP contribution in [0.5, 0.6) is 0 Å². The molecule has 1 atom stereocenters. The molecule has 128 valence electrons. The first-order valence-electron chi connectivity index (χ1n) is 8.26. The number of unbranched alkanes of at least 4 members (excludes halogenated alkanes) is 2.